The molecule has 2 N–H and O–H groups in total. The molecule has 0 bridgehead atoms. The van der Waals surface area contributed by atoms with Gasteiger partial charge in [0.25, 0.3) is 0 Å². The number of hydrogen-bond acceptors (Lipinski definition) is 2. The maximum Gasteiger partial charge on any atom is 0.0992 e. The molecule has 0 aliphatic heterocycles. The van der Waals surface area contributed by atoms with Gasteiger partial charge >= 0.3 is 0 Å². The average molecular weight is 198 g/mol. The topological polar surface area (TPSA) is 49.8 Å². The van der Waals surface area contributed by atoms with Gasteiger partial charge in [-0.15, -0.1) is 0 Å². The molecule has 2 nitrogen and oxygen atoms in total. The van der Waals surface area contributed by atoms with Crippen LogP contribution in [0.15, 0.2) is 24.3 Å². The van der Waals surface area contributed by atoms with E-state index in [0.29, 0.717) is 5.56 Å². The van der Waals surface area contributed by atoms with Gasteiger partial charge in [-0.25, -0.2) is 0 Å². The van der Waals surface area contributed by atoms with E-state index in [1.165, 1.54) is 0 Å². The molecule has 0 heterocycles. The molecule has 1 aromatic carbocycles. The van der Waals surface area contributed by atoms with E-state index in [4.69, 9.17) is 11.0 Å². The van der Waals surface area contributed by atoms with Crippen LogP contribution < -0.4 is 5.73 Å². The Morgan fingerprint density at radius 3 is 2.73 bits per heavy atom. The highest BCUT2D eigenvalue weighted by Gasteiger charge is 1.90. The van der Waals surface area contributed by atoms with Crippen LogP contribution in [-0.4, -0.2) is 6.54 Å². The van der Waals surface area contributed by atoms with Crippen molar-refractivity contribution in [3.8, 4) is 17.9 Å². The number of unbranched alkanes of at least 4 members (excludes halogenated alkanes) is 2. The fraction of sp³-hybridized carbons (Fsp3) is 0.308. The first-order chi connectivity index (χ1) is 7.36. The minimum Gasteiger partial charge on any atom is -0.330 e. The Morgan fingerprint density at radius 2 is 2.00 bits per heavy atom. The summed E-state index contributed by atoms with van der Waals surface area (Å²) < 4.78 is 0. The molecule has 0 saturated heterocycles. The Balaban J connectivity index is 2.53. The summed E-state index contributed by atoms with van der Waals surface area (Å²) in [4.78, 5) is 0. The number of nitriles is 1. The second-order valence-corrected chi connectivity index (χ2v) is 3.24. The number of benzene rings is 1. The molecule has 0 radical (unpaired) electrons. The standard InChI is InChI=1S/C13H14N2/c14-9-4-2-1-3-6-12-7-5-8-13(10-12)11-15/h5,7-8,10H,1-2,4,9,14H2. The Kier molecular flexibility index (Phi) is 5.01. The van der Waals surface area contributed by atoms with Gasteiger partial charge < -0.3 is 5.73 Å². The fourth-order valence-corrected chi connectivity index (χ4v) is 1.19. The first-order valence-electron chi connectivity index (χ1n) is 5.06. The smallest absolute Gasteiger partial charge is 0.0992 e. The van der Waals surface area contributed by atoms with Gasteiger partial charge in [0.2, 0.25) is 0 Å². The zero-order valence-corrected chi connectivity index (χ0v) is 8.66. The van der Waals surface area contributed by atoms with Crippen LogP contribution in [0.2, 0.25) is 0 Å². The molecular weight excluding hydrogens is 184 g/mol. The molecule has 15 heavy (non-hydrogen) atoms. The van der Waals surface area contributed by atoms with Crippen molar-refractivity contribution in [2.24, 2.45) is 5.73 Å². The van der Waals surface area contributed by atoms with Crippen molar-refractivity contribution in [2.45, 2.75) is 19.3 Å². The second kappa shape index (κ2) is 6.65. The van der Waals surface area contributed by atoms with Crippen LogP contribution in [0.25, 0.3) is 0 Å². The molecule has 1 rings (SSSR count). The van der Waals surface area contributed by atoms with Crippen LogP contribution in [0.4, 0.5) is 0 Å². The largest absolute Gasteiger partial charge is 0.330 e. The van der Waals surface area contributed by atoms with Crippen LogP contribution in [0.1, 0.15) is 30.4 Å². The van der Waals surface area contributed by atoms with Gasteiger partial charge in [-0.3, -0.25) is 0 Å². The summed E-state index contributed by atoms with van der Waals surface area (Å²) >= 11 is 0. The van der Waals surface area contributed by atoms with E-state index in [1.54, 1.807) is 12.1 Å². The molecular formula is C13H14N2. The summed E-state index contributed by atoms with van der Waals surface area (Å²) in [5, 5.41) is 8.69. The number of hydrogen-bond donors (Lipinski definition) is 1. The Labute approximate surface area is 90.7 Å². The van der Waals surface area contributed by atoms with E-state index >= 15 is 0 Å². The minimum absolute atomic E-state index is 0.656. The molecule has 0 amide bonds. The van der Waals surface area contributed by atoms with Crippen molar-refractivity contribution >= 4 is 0 Å². The van der Waals surface area contributed by atoms with E-state index in [2.05, 4.69) is 17.9 Å². The van der Waals surface area contributed by atoms with Gasteiger partial charge in [-0.1, -0.05) is 17.9 Å². The van der Waals surface area contributed by atoms with Crippen LogP contribution in [0, 0.1) is 23.2 Å². The summed E-state index contributed by atoms with van der Waals surface area (Å²) in [7, 11) is 0. The molecule has 0 fully saturated rings. The van der Waals surface area contributed by atoms with E-state index in [1.807, 2.05) is 12.1 Å². The van der Waals surface area contributed by atoms with E-state index < -0.39 is 0 Å². The number of nitrogens with zero attached hydrogens (tertiary/aromatic N) is 1. The third-order valence-electron chi connectivity index (χ3n) is 1.98. The van der Waals surface area contributed by atoms with Gasteiger partial charge in [0.05, 0.1) is 11.6 Å². The summed E-state index contributed by atoms with van der Waals surface area (Å²) in [6, 6.07) is 9.44. The SMILES string of the molecule is N#Cc1cccc(C#CCCCCN)c1. The monoisotopic (exact) mass is 198 g/mol. The lowest BCUT2D eigenvalue weighted by molar-refractivity contribution is 0.768. The molecule has 0 aromatic heterocycles. The summed E-state index contributed by atoms with van der Waals surface area (Å²) in [5.41, 5.74) is 6.94. The zero-order valence-electron chi connectivity index (χ0n) is 8.66. The van der Waals surface area contributed by atoms with Gasteiger partial charge in [0.1, 0.15) is 0 Å². The quantitative estimate of drug-likeness (QED) is 0.597. The second-order valence-electron chi connectivity index (χ2n) is 3.24. The van der Waals surface area contributed by atoms with Crippen molar-refractivity contribution in [3.63, 3.8) is 0 Å². The molecule has 76 valence electrons. The molecule has 0 aliphatic rings. The fourth-order valence-electron chi connectivity index (χ4n) is 1.19. The Morgan fingerprint density at radius 1 is 1.20 bits per heavy atom. The van der Waals surface area contributed by atoms with Crippen LogP contribution in [0.5, 0.6) is 0 Å². The lowest BCUT2D eigenvalue weighted by Crippen LogP contribution is -1.96. The number of rotatable bonds is 3. The third kappa shape index (κ3) is 4.31. The first kappa shape index (κ1) is 11.3. The van der Waals surface area contributed by atoms with Crippen molar-refractivity contribution in [2.75, 3.05) is 6.54 Å². The van der Waals surface area contributed by atoms with Gasteiger partial charge in [0, 0.05) is 12.0 Å². The molecule has 2 heteroatoms. The highest BCUT2D eigenvalue weighted by molar-refractivity contribution is 5.41. The van der Waals surface area contributed by atoms with Crippen LogP contribution in [0.3, 0.4) is 0 Å². The predicted octanol–water partition coefficient (Wildman–Crippen LogP) is 2.04. The maximum absolute atomic E-state index is 8.69. The Bertz CT molecular complexity index is 405. The molecule has 0 atom stereocenters. The third-order valence-corrected chi connectivity index (χ3v) is 1.98. The van der Waals surface area contributed by atoms with Gasteiger partial charge in [-0.2, -0.15) is 5.26 Å². The minimum atomic E-state index is 0.656. The number of nitrogens with two attached hydrogens (primary N) is 1. The van der Waals surface area contributed by atoms with Crippen molar-refractivity contribution in [3.05, 3.63) is 35.4 Å². The van der Waals surface area contributed by atoms with Crippen molar-refractivity contribution < 1.29 is 0 Å². The van der Waals surface area contributed by atoms with Crippen LogP contribution >= 0.6 is 0 Å². The van der Waals surface area contributed by atoms with E-state index in [-0.39, 0.29) is 0 Å². The zero-order chi connectivity index (χ0) is 10.9. The van der Waals surface area contributed by atoms with E-state index in [0.717, 1.165) is 31.4 Å². The van der Waals surface area contributed by atoms with Crippen molar-refractivity contribution in [1.29, 1.82) is 5.26 Å². The molecule has 0 saturated carbocycles. The highest BCUT2D eigenvalue weighted by atomic mass is 14.5. The maximum atomic E-state index is 8.69. The molecule has 0 unspecified atom stereocenters. The average Bonchev–Trinajstić information content (AvgIpc) is 2.29. The molecule has 0 spiro atoms. The van der Waals surface area contributed by atoms with Crippen LogP contribution in [-0.2, 0) is 0 Å². The Hall–Kier alpha value is -1.77. The van der Waals surface area contributed by atoms with Crippen molar-refractivity contribution in [1.82, 2.24) is 0 Å². The first-order valence-corrected chi connectivity index (χ1v) is 5.06. The molecule has 0 aliphatic carbocycles. The summed E-state index contributed by atoms with van der Waals surface area (Å²) in [6.07, 6.45) is 2.93. The summed E-state index contributed by atoms with van der Waals surface area (Å²) in [6.45, 7) is 0.728. The van der Waals surface area contributed by atoms with Gasteiger partial charge in [0.15, 0.2) is 0 Å². The van der Waals surface area contributed by atoms with Gasteiger partial charge in [-0.05, 0) is 37.6 Å². The highest BCUT2D eigenvalue weighted by Crippen LogP contribution is 2.02. The molecule has 1 aromatic rings. The normalized spacial score (nSPS) is 8.80. The van der Waals surface area contributed by atoms with E-state index in [9.17, 15) is 0 Å². The predicted molar refractivity (Wildman–Crippen MR) is 60.9 cm³/mol. The summed E-state index contributed by atoms with van der Waals surface area (Å²) in [5.74, 6) is 6.11. The lowest BCUT2D eigenvalue weighted by atomic mass is 10.1. The lowest BCUT2D eigenvalue weighted by Gasteiger charge is -1.91.